The SMILES string of the molecule is O=C(NC(Cc1ccccc1)C1C=C(Cc2ccccc2)NO1)OCc1ccco1. The summed E-state index contributed by atoms with van der Waals surface area (Å²) >= 11 is 0. The summed E-state index contributed by atoms with van der Waals surface area (Å²) in [5.41, 5.74) is 6.26. The average molecular weight is 404 g/mol. The fourth-order valence-electron chi connectivity index (χ4n) is 3.36. The Labute approximate surface area is 175 Å². The van der Waals surface area contributed by atoms with Crippen LogP contribution >= 0.6 is 0 Å². The molecule has 0 bridgehead atoms. The first kappa shape index (κ1) is 19.8. The number of benzene rings is 2. The normalized spacial score (nSPS) is 16.4. The highest BCUT2D eigenvalue weighted by molar-refractivity contribution is 5.67. The van der Waals surface area contributed by atoms with Crippen molar-refractivity contribution in [2.75, 3.05) is 0 Å². The van der Waals surface area contributed by atoms with E-state index in [1.165, 1.54) is 5.56 Å². The lowest BCUT2D eigenvalue weighted by Gasteiger charge is -2.22. The van der Waals surface area contributed by atoms with Crippen LogP contribution in [0.2, 0.25) is 0 Å². The van der Waals surface area contributed by atoms with Gasteiger partial charge in [-0.25, -0.2) is 4.79 Å². The lowest BCUT2D eigenvalue weighted by molar-refractivity contribution is 0.0189. The summed E-state index contributed by atoms with van der Waals surface area (Å²) in [6, 6.07) is 23.4. The van der Waals surface area contributed by atoms with E-state index in [2.05, 4.69) is 22.9 Å². The predicted octanol–water partition coefficient (Wildman–Crippen LogP) is 4.15. The summed E-state index contributed by atoms with van der Waals surface area (Å²) in [5.74, 6) is 0.591. The third-order valence-corrected chi connectivity index (χ3v) is 4.85. The molecule has 4 rings (SSSR count). The number of furan rings is 1. The van der Waals surface area contributed by atoms with Gasteiger partial charge in [-0.2, -0.15) is 0 Å². The number of allylic oxidation sites excluding steroid dienone is 1. The van der Waals surface area contributed by atoms with E-state index in [0.717, 1.165) is 17.7 Å². The number of carbonyl (C=O) groups is 1. The first-order chi connectivity index (χ1) is 14.8. The van der Waals surface area contributed by atoms with Crippen molar-refractivity contribution in [3.63, 3.8) is 0 Å². The standard InChI is InChI=1S/C24H24N2O4/c27-24(29-17-21-12-7-13-28-21)25-22(15-19-10-5-2-6-11-19)23-16-20(26-30-23)14-18-8-3-1-4-9-18/h1-13,16,22-23,26H,14-15,17H2,(H,25,27). The quantitative estimate of drug-likeness (QED) is 0.590. The van der Waals surface area contributed by atoms with Gasteiger partial charge in [-0.05, 0) is 35.8 Å². The highest BCUT2D eigenvalue weighted by Gasteiger charge is 2.28. The van der Waals surface area contributed by atoms with Gasteiger partial charge in [0.25, 0.3) is 0 Å². The number of hydrogen-bond acceptors (Lipinski definition) is 5. The second-order valence-corrected chi connectivity index (χ2v) is 7.13. The maximum atomic E-state index is 12.4. The molecule has 2 N–H and O–H groups in total. The Kier molecular flexibility index (Phi) is 6.47. The zero-order chi connectivity index (χ0) is 20.6. The van der Waals surface area contributed by atoms with Gasteiger partial charge in [-0.3, -0.25) is 10.3 Å². The van der Waals surface area contributed by atoms with E-state index >= 15 is 0 Å². The molecule has 1 aliphatic heterocycles. The van der Waals surface area contributed by atoms with Crippen LogP contribution < -0.4 is 10.8 Å². The largest absolute Gasteiger partial charge is 0.466 e. The fraction of sp³-hybridized carbons (Fsp3) is 0.208. The van der Waals surface area contributed by atoms with Crippen molar-refractivity contribution in [1.29, 1.82) is 0 Å². The van der Waals surface area contributed by atoms with Gasteiger partial charge in [0.1, 0.15) is 11.9 Å². The number of hydrogen-bond donors (Lipinski definition) is 2. The van der Waals surface area contributed by atoms with Crippen molar-refractivity contribution in [3.05, 3.63) is 108 Å². The Balaban J connectivity index is 1.42. The topological polar surface area (TPSA) is 72.7 Å². The Hall–Kier alpha value is -3.51. The number of amides is 1. The van der Waals surface area contributed by atoms with E-state index in [9.17, 15) is 4.79 Å². The first-order valence-corrected chi connectivity index (χ1v) is 9.92. The Morgan fingerprint density at radius 3 is 2.43 bits per heavy atom. The third-order valence-electron chi connectivity index (χ3n) is 4.85. The Morgan fingerprint density at radius 1 is 1.00 bits per heavy atom. The molecule has 0 saturated heterocycles. The van der Waals surface area contributed by atoms with Gasteiger partial charge in [-0.15, -0.1) is 0 Å². The molecule has 2 atom stereocenters. The van der Waals surface area contributed by atoms with E-state index in [-0.39, 0.29) is 18.8 Å². The highest BCUT2D eigenvalue weighted by atomic mass is 16.7. The number of nitrogens with one attached hydrogen (secondary N) is 2. The molecule has 154 valence electrons. The van der Waals surface area contributed by atoms with E-state index in [1.54, 1.807) is 18.4 Å². The van der Waals surface area contributed by atoms with Gasteiger partial charge in [-0.1, -0.05) is 60.7 Å². The molecule has 3 aromatic rings. The van der Waals surface area contributed by atoms with Crippen molar-refractivity contribution >= 4 is 6.09 Å². The van der Waals surface area contributed by atoms with E-state index < -0.39 is 6.09 Å². The summed E-state index contributed by atoms with van der Waals surface area (Å²) in [6.07, 6.45) is 4.08. The number of alkyl carbamates (subject to hydrolysis) is 1. The van der Waals surface area contributed by atoms with Crippen LogP contribution in [0.1, 0.15) is 16.9 Å². The molecule has 2 heterocycles. The van der Waals surface area contributed by atoms with E-state index in [4.69, 9.17) is 14.0 Å². The molecule has 1 amide bonds. The number of ether oxygens (including phenoxy) is 1. The van der Waals surface area contributed by atoms with Crippen LogP contribution in [0.4, 0.5) is 4.79 Å². The summed E-state index contributed by atoms with van der Waals surface area (Å²) in [5, 5.41) is 2.94. The van der Waals surface area contributed by atoms with Crippen molar-refractivity contribution in [2.45, 2.75) is 31.6 Å². The molecule has 0 aliphatic carbocycles. The zero-order valence-electron chi connectivity index (χ0n) is 16.5. The smallest absolute Gasteiger partial charge is 0.407 e. The average Bonchev–Trinajstić information content (AvgIpc) is 3.46. The summed E-state index contributed by atoms with van der Waals surface area (Å²) < 4.78 is 10.5. The van der Waals surface area contributed by atoms with Crippen molar-refractivity contribution in [3.8, 4) is 0 Å². The molecule has 2 aromatic carbocycles. The van der Waals surface area contributed by atoms with Crippen LogP contribution in [0, 0.1) is 0 Å². The van der Waals surface area contributed by atoms with Crippen molar-refractivity contribution < 1.29 is 18.8 Å². The second kappa shape index (κ2) is 9.80. The van der Waals surface area contributed by atoms with Crippen molar-refractivity contribution in [2.24, 2.45) is 0 Å². The van der Waals surface area contributed by atoms with Gasteiger partial charge in [0, 0.05) is 12.1 Å². The van der Waals surface area contributed by atoms with Gasteiger partial charge in [0.2, 0.25) is 0 Å². The lowest BCUT2D eigenvalue weighted by atomic mass is 10.00. The maximum Gasteiger partial charge on any atom is 0.407 e. The third kappa shape index (κ3) is 5.52. The minimum Gasteiger partial charge on any atom is -0.466 e. The molecule has 0 radical (unpaired) electrons. The molecule has 0 saturated carbocycles. The maximum absolute atomic E-state index is 12.4. The summed E-state index contributed by atoms with van der Waals surface area (Å²) in [6.45, 7) is 0.0791. The van der Waals surface area contributed by atoms with Gasteiger partial charge >= 0.3 is 6.09 Å². The molecule has 2 unspecified atom stereocenters. The summed E-state index contributed by atoms with van der Waals surface area (Å²) in [4.78, 5) is 18.2. The van der Waals surface area contributed by atoms with Crippen LogP contribution in [-0.2, 0) is 29.0 Å². The van der Waals surface area contributed by atoms with Crippen molar-refractivity contribution in [1.82, 2.24) is 10.8 Å². The Morgan fingerprint density at radius 2 is 1.73 bits per heavy atom. The predicted molar refractivity (Wildman–Crippen MR) is 112 cm³/mol. The van der Waals surface area contributed by atoms with E-state index in [1.807, 2.05) is 54.6 Å². The molecule has 0 spiro atoms. The first-order valence-electron chi connectivity index (χ1n) is 9.92. The molecular formula is C24H24N2O4. The molecular weight excluding hydrogens is 380 g/mol. The van der Waals surface area contributed by atoms with Crippen LogP contribution in [0.25, 0.3) is 0 Å². The lowest BCUT2D eigenvalue weighted by Crippen LogP contribution is -2.45. The van der Waals surface area contributed by atoms with Crippen LogP contribution in [0.15, 0.2) is 95.2 Å². The minimum atomic E-state index is -0.513. The van der Waals surface area contributed by atoms with Gasteiger partial charge in [0.05, 0.1) is 12.3 Å². The molecule has 1 aliphatic rings. The van der Waals surface area contributed by atoms with E-state index in [0.29, 0.717) is 12.2 Å². The highest BCUT2D eigenvalue weighted by Crippen LogP contribution is 2.18. The minimum absolute atomic E-state index is 0.0791. The molecule has 30 heavy (non-hydrogen) atoms. The monoisotopic (exact) mass is 404 g/mol. The fourth-order valence-corrected chi connectivity index (χ4v) is 3.36. The number of rotatable bonds is 8. The molecule has 0 fully saturated rings. The number of carbonyl (C=O) groups excluding carboxylic acids is 1. The second-order valence-electron chi connectivity index (χ2n) is 7.13. The zero-order valence-corrected chi connectivity index (χ0v) is 16.5. The molecule has 6 nitrogen and oxygen atoms in total. The number of hydroxylamine groups is 1. The van der Waals surface area contributed by atoms with Gasteiger partial charge in [0.15, 0.2) is 6.61 Å². The van der Waals surface area contributed by atoms with Crippen LogP contribution in [0.5, 0.6) is 0 Å². The van der Waals surface area contributed by atoms with Gasteiger partial charge < -0.3 is 14.5 Å². The Bertz CT molecular complexity index is 955. The van der Waals surface area contributed by atoms with Crippen LogP contribution in [-0.4, -0.2) is 18.2 Å². The summed E-state index contributed by atoms with van der Waals surface area (Å²) in [7, 11) is 0. The van der Waals surface area contributed by atoms with Crippen LogP contribution in [0.3, 0.4) is 0 Å². The molecule has 1 aromatic heterocycles. The molecule has 6 heteroatoms.